The Labute approximate surface area is 133 Å². The summed E-state index contributed by atoms with van der Waals surface area (Å²) >= 11 is 0. The first kappa shape index (κ1) is 15.8. The molecule has 0 bridgehead atoms. The van der Waals surface area contributed by atoms with E-state index in [1.54, 1.807) is 12.1 Å². The molecule has 1 aliphatic heterocycles. The molecular weight excluding hydrogens is 298 g/mol. The molecule has 3 rings (SSSR count). The number of aliphatic hydroxyl groups is 1. The van der Waals surface area contributed by atoms with Crippen LogP contribution in [0.2, 0.25) is 0 Å². The van der Waals surface area contributed by atoms with Gasteiger partial charge in [-0.1, -0.05) is 0 Å². The molecule has 1 aromatic carbocycles. The van der Waals surface area contributed by atoms with Crippen LogP contribution in [0.3, 0.4) is 0 Å². The van der Waals surface area contributed by atoms with Gasteiger partial charge in [0, 0.05) is 6.07 Å². The molecule has 0 spiro atoms. The second-order valence-corrected chi connectivity index (χ2v) is 5.88. The van der Waals surface area contributed by atoms with E-state index < -0.39 is 5.60 Å². The van der Waals surface area contributed by atoms with E-state index in [2.05, 4.69) is 10.3 Å². The predicted octanol–water partition coefficient (Wildman–Crippen LogP) is 0.528. The molecule has 7 heteroatoms. The minimum Gasteiger partial charge on any atom is -0.493 e. The average molecular weight is 319 g/mol. The third-order valence-electron chi connectivity index (χ3n) is 4.33. The molecule has 7 nitrogen and oxygen atoms in total. The van der Waals surface area contributed by atoms with Crippen LogP contribution in [0.1, 0.15) is 12.8 Å². The van der Waals surface area contributed by atoms with Crippen molar-refractivity contribution in [1.29, 1.82) is 0 Å². The van der Waals surface area contributed by atoms with Gasteiger partial charge in [0.25, 0.3) is 5.56 Å². The van der Waals surface area contributed by atoms with Crippen LogP contribution in [0.4, 0.5) is 0 Å². The van der Waals surface area contributed by atoms with Gasteiger partial charge in [-0.2, -0.15) is 0 Å². The molecule has 2 aromatic rings. The summed E-state index contributed by atoms with van der Waals surface area (Å²) in [5.74, 6) is 1.01. The fraction of sp³-hybridized carbons (Fsp3) is 0.500. The molecule has 0 saturated carbocycles. The van der Waals surface area contributed by atoms with Crippen LogP contribution in [-0.2, 0) is 6.54 Å². The van der Waals surface area contributed by atoms with Crippen LogP contribution in [-0.4, -0.2) is 47.6 Å². The molecule has 2 heterocycles. The number of aromatic nitrogens is 2. The highest BCUT2D eigenvalue weighted by Gasteiger charge is 2.30. The third-order valence-corrected chi connectivity index (χ3v) is 4.33. The first-order valence-electron chi connectivity index (χ1n) is 7.60. The van der Waals surface area contributed by atoms with Crippen LogP contribution in [0, 0.1) is 0 Å². The largest absolute Gasteiger partial charge is 0.493 e. The Balaban J connectivity index is 2.02. The summed E-state index contributed by atoms with van der Waals surface area (Å²) < 4.78 is 12.0. The number of rotatable bonds is 4. The number of nitrogens with one attached hydrogen (secondary N) is 1. The van der Waals surface area contributed by atoms with Gasteiger partial charge in [0.05, 0.1) is 43.6 Å². The van der Waals surface area contributed by atoms with E-state index in [0.29, 0.717) is 35.2 Å². The van der Waals surface area contributed by atoms with E-state index in [0.717, 1.165) is 13.1 Å². The van der Waals surface area contributed by atoms with Gasteiger partial charge in [0.1, 0.15) is 0 Å². The SMILES string of the molecule is COc1cc2ncn(CC3(O)CCNCC3)c(=O)c2cc1OC. The minimum atomic E-state index is -0.874. The molecule has 1 aromatic heterocycles. The van der Waals surface area contributed by atoms with Crippen LogP contribution >= 0.6 is 0 Å². The predicted molar refractivity (Wildman–Crippen MR) is 86.2 cm³/mol. The average Bonchev–Trinajstić information content (AvgIpc) is 2.57. The van der Waals surface area contributed by atoms with Gasteiger partial charge < -0.3 is 19.9 Å². The van der Waals surface area contributed by atoms with Gasteiger partial charge >= 0.3 is 0 Å². The lowest BCUT2D eigenvalue weighted by atomic mass is 9.92. The van der Waals surface area contributed by atoms with E-state index in [4.69, 9.17) is 9.47 Å². The number of fused-ring (bicyclic) bond motifs is 1. The third kappa shape index (κ3) is 3.02. The van der Waals surface area contributed by atoms with Crippen molar-refractivity contribution in [2.75, 3.05) is 27.3 Å². The quantitative estimate of drug-likeness (QED) is 0.855. The molecule has 1 saturated heterocycles. The molecule has 124 valence electrons. The maximum atomic E-state index is 12.7. The number of piperidine rings is 1. The number of hydrogen-bond donors (Lipinski definition) is 2. The smallest absolute Gasteiger partial charge is 0.261 e. The Kier molecular flexibility index (Phi) is 4.23. The second kappa shape index (κ2) is 6.17. The van der Waals surface area contributed by atoms with Crippen LogP contribution < -0.4 is 20.3 Å². The highest BCUT2D eigenvalue weighted by atomic mass is 16.5. The zero-order valence-corrected chi connectivity index (χ0v) is 13.3. The van der Waals surface area contributed by atoms with Crippen LogP contribution in [0.5, 0.6) is 11.5 Å². The first-order chi connectivity index (χ1) is 11.1. The molecule has 0 unspecified atom stereocenters. The summed E-state index contributed by atoms with van der Waals surface area (Å²) in [6.45, 7) is 1.74. The molecule has 0 radical (unpaired) electrons. The molecule has 1 aliphatic rings. The lowest BCUT2D eigenvalue weighted by Gasteiger charge is -2.32. The van der Waals surface area contributed by atoms with Gasteiger partial charge in [0.2, 0.25) is 0 Å². The Hall–Kier alpha value is -2.12. The van der Waals surface area contributed by atoms with E-state index in [-0.39, 0.29) is 12.1 Å². The summed E-state index contributed by atoms with van der Waals surface area (Å²) in [4.78, 5) is 17.0. The lowest BCUT2D eigenvalue weighted by Crippen LogP contribution is -2.46. The minimum absolute atomic E-state index is 0.192. The lowest BCUT2D eigenvalue weighted by molar-refractivity contribution is -0.00627. The molecule has 23 heavy (non-hydrogen) atoms. The number of nitrogens with zero attached hydrogens (tertiary/aromatic N) is 2. The van der Waals surface area contributed by atoms with Crippen molar-refractivity contribution in [1.82, 2.24) is 14.9 Å². The fourth-order valence-corrected chi connectivity index (χ4v) is 2.97. The molecule has 2 N–H and O–H groups in total. The zero-order valence-electron chi connectivity index (χ0n) is 13.3. The van der Waals surface area contributed by atoms with Crippen LogP contribution in [0.25, 0.3) is 10.9 Å². The van der Waals surface area contributed by atoms with Crippen molar-refractivity contribution in [2.45, 2.75) is 25.0 Å². The number of benzene rings is 1. The maximum absolute atomic E-state index is 12.7. The van der Waals surface area contributed by atoms with Crippen molar-refractivity contribution in [3.05, 3.63) is 28.8 Å². The van der Waals surface area contributed by atoms with Gasteiger partial charge in [0.15, 0.2) is 11.5 Å². The fourth-order valence-electron chi connectivity index (χ4n) is 2.97. The Morgan fingerprint density at radius 1 is 1.26 bits per heavy atom. The summed E-state index contributed by atoms with van der Waals surface area (Å²) in [6.07, 6.45) is 2.71. The summed E-state index contributed by atoms with van der Waals surface area (Å²) in [7, 11) is 3.06. The molecular formula is C16H21N3O4. The van der Waals surface area contributed by atoms with Crippen LogP contribution in [0.15, 0.2) is 23.3 Å². The topological polar surface area (TPSA) is 85.6 Å². The highest BCUT2D eigenvalue weighted by Crippen LogP contribution is 2.30. The van der Waals surface area contributed by atoms with Gasteiger partial charge in [-0.15, -0.1) is 0 Å². The number of hydrogen-bond acceptors (Lipinski definition) is 6. The van der Waals surface area contributed by atoms with Gasteiger partial charge in [-0.25, -0.2) is 4.98 Å². The Morgan fingerprint density at radius 3 is 2.57 bits per heavy atom. The van der Waals surface area contributed by atoms with E-state index in [9.17, 15) is 9.90 Å². The molecule has 0 aliphatic carbocycles. The van der Waals surface area contributed by atoms with Crippen molar-refractivity contribution in [2.24, 2.45) is 0 Å². The number of methoxy groups -OCH3 is 2. The normalized spacial score (nSPS) is 17.2. The number of ether oxygens (including phenoxy) is 2. The van der Waals surface area contributed by atoms with Crippen molar-refractivity contribution in [3.63, 3.8) is 0 Å². The van der Waals surface area contributed by atoms with Gasteiger partial charge in [-0.3, -0.25) is 9.36 Å². The molecule has 1 fully saturated rings. The first-order valence-corrected chi connectivity index (χ1v) is 7.60. The monoisotopic (exact) mass is 319 g/mol. The standard InChI is InChI=1S/C16H21N3O4/c1-22-13-7-11-12(8-14(13)23-2)18-10-19(15(11)20)9-16(21)3-5-17-6-4-16/h7-8,10,17,21H,3-6,9H2,1-2H3. The van der Waals surface area contributed by atoms with Crippen molar-refractivity contribution in [3.8, 4) is 11.5 Å². The summed E-state index contributed by atoms with van der Waals surface area (Å²) in [5, 5.41) is 14.3. The maximum Gasteiger partial charge on any atom is 0.261 e. The zero-order chi connectivity index (χ0) is 16.4. The summed E-state index contributed by atoms with van der Waals surface area (Å²) in [6, 6.07) is 3.31. The molecule has 0 atom stereocenters. The van der Waals surface area contributed by atoms with E-state index in [1.807, 2.05) is 0 Å². The Morgan fingerprint density at radius 2 is 1.91 bits per heavy atom. The highest BCUT2D eigenvalue weighted by molar-refractivity contribution is 5.81. The van der Waals surface area contributed by atoms with Crippen molar-refractivity contribution >= 4 is 10.9 Å². The Bertz CT molecular complexity index is 766. The van der Waals surface area contributed by atoms with E-state index >= 15 is 0 Å². The van der Waals surface area contributed by atoms with Gasteiger partial charge in [-0.05, 0) is 32.0 Å². The van der Waals surface area contributed by atoms with Crippen molar-refractivity contribution < 1.29 is 14.6 Å². The summed E-state index contributed by atoms with van der Waals surface area (Å²) in [5.41, 5.74) is -0.523. The molecule has 0 amide bonds. The second-order valence-electron chi connectivity index (χ2n) is 5.88. The van der Waals surface area contributed by atoms with E-state index in [1.165, 1.54) is 25.1 Å².